The monoisotopic (exact) mass is 203 g/mol. The molecule has 0 aromatic heterocycles. The summed E-state index contributed by atoms with van der Waals surface area (Å²) in [4.78, 5) is 0. The summed E-state index contributed by atoms with van der Waals surface area (Å²) in [7, 11) is 0. The Labute approximate surface area is 88.9 Å². The predicted molar refractivity (Wildman–Crippen MR) is 63.9 cm³/mol. The molecule has 0 atom stereocenters. The first kappa shape index (κ1) is 9.10. The van der Waals surface area contributed by atoms with Crippen LogP contribution in [0.2, 0.25) is 0 Å². The Morgan fingerprint density at radius 2 is 1.71 bits per heavy atom. The Morgan fingerprint density at radius 1 is 0.929 bits per heavy atom. The van der Waals surface area contributed by atoms with Gasteiger partial charge in [0.05, 0.1) is 0 Å². The highest BCUT2D eigenvalue weighted by molar-refractivity contribution is 6.02. The molecule has 0 unspecified atom stereocenters. The van der Waals surface area contributed by atoms with Gasteiger partial charge in [-0.2, -0.15) is 0 Å². The van der Waals surface area contributed by atoms with E-state index in [0.29, 0.717) is 0 Å². The van der Waals surface area contributed by atoms with Crippen LogP contribution < -0.4 is 5.32 Å². The Balaban J connectivity index is 0.000000750. The van der Waals surface area contributed by atoms with Crippen molar-refractivity contribution in [1.82, 2.24) is 0 Å². The minimum Gasteiger partial charge on any atom is -0.361 e. The molecule has 2 aromatic rings. The van der Waals surface area contributed by atoms with E-state index in [-0.39, 0.29) is 12.4 Å². The van der Waals surface area contributed by atoms with Gasteiger partial charge in [-0.05, 0) is 23.1 Å². The highest BCUT2D eigenvalue weighted by atomic mass is 35.5. The van der Waals surface area contributed by atoms with E-state index in [4.69, 9.17) is 0 Å². The number of halogens is 1. The molecule has 0 saturated carbocycles. The van der Waals surface area contributed by atoms with Gasteiger partial charge in [0.2, 0.25) is 0 Å². The lowest BCUT2D eigenvalue weighted by atomic mass is 10.0. The molecule has 1 aliphatic heterocycles. The van der Waals surface area contributed by atoms with Crippen LogP contribution >= 0.6 is 12.4 Å². The van der Waals surface area contributed by atoms with Crippen LogP contribution in [-0.2, 0) is 0 Å². The Morgan fingerprint density at radius 3 is 2.57 bits per heavy atom. The second-order valence-electron chi connectivity index (χ2n) is 3.23. The number of hydrogen-bond acceptors (Lipinski definition) is 1. The largest absolute Gasteiger partial charge is 0.361 e. The summed E-state index contributed by atoms with van der Waals surface area (Å²) in [5.74, 6) is 0. The molecule has 1 heterocycles. The van der Waals surface area contributed by atoms with E-state index in [0.717, 1.165) is 0 Å². The number of hydrogen-bond donors (Lipinski definition) is 1. The minimum absolute atomic E-state index is 0. The molecule has 0 saturated heterocycles. The van der Waals surface area contributed by atoms with Crippen molar-refractivity contribution in [3.05, 3.63) is 48.2 Å². The van der Waals surface area contributed by atoms with Crippen LogP contribution in [0.3, 0.4) is 0 Å². The van der Waals surface area contributed by atoms with Gasteiger partial charge in [-0.15, -0.1) is 12.4 Å². The number of nitrogens with one attached hydrogen (secondary N) is 1. The summed E-state index contributed by atoms with van der Waals surface area (Å²) in [6, 6.07) is 12.7. The summed E-state index contributed by atoms with van der Waals surface area (Å²) < 4.78 is 0. The Bertz CT molecular complexity index is 497. The molecule has 0 aliphatic carbocycles. The van der Waals surface area contributed by atoms with E-state index in [2.05, 4.69) is 47.8 Å². The van der Waals surface area contributed by atoms with Crippen molar-refractivity contribution in [2.75, 3.05) is 5.32 Å². The normalized spacial score (nSPS) is 12.0. The van der Waals surface area contributed by atoms with Crippen molar-refractivity contribution in [1.29, 1.82) is 0 Å². The minimum atomic E-state index is 0. The van der Waals surface area contributed by atoms with Crippen molar-refractivity contribution >= 4 is 34.9 Å². The summed E-state index contributed by atoms with van der Waals surface area (Å²) in [5, 5.41) is 5.87. The maximum atomic E-state index is 3.25. The molecule has 1 aliphatic rings. The summed E-state index contributed by atoms with van der Waals surface area (Å²) in [6.45, 7) is 0. The van der Waals surface area contributed by atoms with Gasteiger partial charge in [-0.3, -0.25) is 0 Å². The third-order valence-corrected chi connectivity index (χ3v) is 2.44. The average Bonchev–Trinajstić information content (AvgIpc) is 2.19. The molecule has 2 heteroatoms. The SMILES string of the molecule is C1=Cc2cccc3cccc(c23)N1.Cl. The molecule has 1 N–H and O–H groups in total. The summed E-state index contributed by atoms with van der Waals surface area (Å²) >= 11 is 0. The van der Waals surface area contributed by atoms with Gasteiger partial charge in [0.25, 0.3) is 0 Å². The maximum Gasteiger partial charge on any atom is 0.0465 e. The molecule has 0 amide bonds. The van der Waals surface area contributed by atoms with E-state index >= 15 is 0 Å². The fraction of sp³-hybridized carbons (Fsp3) is 0. The molecule has 3 rings (SSSR count). The first-order valence-corrected chi connectivity index (χ1v) is 4.40. The van der Waals surface area contributed by atoms with Gasteiger partial charge in [0, 0.05) is 17.3 Å². The standard InChI is InChI=1S/C12H9N.ClH/c1-3-9-5-2-6-11-12(9)10(4-1)7-8-13-11;/h1-8,13H;1H. The molecule has 0 bridgehead atoms. The predicted octanol–water partition coefficient (Wildman–Crippen LogP) is 3.66. The zero-order valence-corrected chi connectivity index (χ0v) is 8.34. The fourth-order valence-corrected chi connectivity index (χ4v) is 1.85. The number of anilines is 1. The third kappa shape index (κ3) is 1.17. The third-order valence-electron chi connectivity index (χ3n) is 2.44. The van der Waals surface area contributed by atoms with Crippen LogP contribution in [-0.4, -0.2) is 0 Å². The lowest BCUT2D eigenvalue weighted by Crippen LogP contribution is -1.94. The van der Waals surface area contributed by atoms with Gasteiger partial charge in [0.15, 0.2) is 0 Å². The van der Waals surface area contributed by atoms with Crippen LogP contribution in [0.15, 0.2) is 42.6 Å². The van der Waals surface area contributed by atoms with E-state index in [1.807, 2.05) is 6.20 Å². The smallest absolute Gasteiger partial charge is 0.0465 e. The molecule has 14 heavy (non-hydrogen) atoms. The highest BCUT2D eigenvalue weighted by Crippen LogP contribution is 2.30. The quantitative estimate of drug-likeness (QED) is 0.689. The average molecular weight is 204 g/mol. The van der Waals surface area contributed by atoms with Crippen LogP contribution in [0.1, 0.15) is 5.56 Å². The number of rotatable bonds is 0. The van der Waals surface area contributed by atoms with Crippen molar-refractivity contribution in [3.63, 3.8) is 0 Å². The van der Waals surface area contributed by atoms with E-state index in [1.54, 1.807) is 0 Å². The van der Waals surface area contributed by atoms with E-state index in [1.165, 1.54) is 22.0 Å². The van der Waals surface area contributed by atoms with Crippen LogP contribution in [0, 0.1) is 0 Å². The molecule has 0 spiro atoms. The molecular formula is C12H10ClN. The molecule has 0 radical (unpaired) electrons. The lowest BCUT2D eigenvalue weighted by Gasteiger charge is -2.13. The molecule has 1 nitrogen and oxygen atoms in total. The van der Waals surface area contributed by atoms with E-state index in [9.17, 15) is 0 Å². The fourth-order valence-electron chi connectivity index (χ4n) is 1.85. The van der Waals surface area contributed by atoms with Gasteiger partial charge < -0.3 is 5.32 Å². The Kier molecular flexibility index (Phi) is 2.18. The molecule has 2 aromatic carbocycles. The highest BCUT2D eigenvalue weighted by Gasteiger charge is 2.05. The molecule has 70 valence electrons. The van der Waals surface area contributed by atoms with Gasteiger partial charge in [-0.1, -0.05) is 30.3 Å². The van der Waals surface area contributed by atoms with Crippen molar-refractivity contribution in [2.24, 2.45) is 0 Å². The zero-order chi connectivity index (χ0) is 8.67. The second-order valence-corrected chi connectivity index (χ2v) is 3.23. The van der Waals surface area contributed by atoms with Crippen molar-refractivity contribution < 1.29 is 0 Å². The van der Waals surface area contributed by atoms with Gasteiger partial charge >= 0.3 is 0 Å². The van der Waals surface area contributed by atoms with Crippen LogP contribution in [0.5, 0.6) is 0 Å². The molecular weight excluding hydrogens is 194 g/mol. The topological polar surface area (TPSA) is 12.0 Å². The number of benzene rings is 2. The zero-order valence-electron chi connectivity index (χ0n) is 7.53. The first-order chi connectivity index (χ1) is 6.45. The summed E-state index contributed by atoms with van der Waals surface area (Å²) in [5.41, 5.74) is 2.50. The van der Waals surface area contributed by atoms with E-state index < -0.39 is 0 Å². The second kappa shape index (κ2) is 3.35. The Hall–Kier alpha value is -1.47. The van der Waals surface area contributed by atoms with Gasteiger partial charge in [0.1, 0.15) is 0 Å². The van der Waals surface area contributed by atoms with Crippen molar-refractivity contribution in [3.8, 4) is 0 Å². The lowest BCUT2D eigenvalue weighted by molar-refractivity contribution is 1.59. The first-order valence-electron chi connectivity index (χ1n) is 4.40. The van der Waals surface area contributed by atoms with Crippen molar-refractivity contribution in [2.45, 2.75) is 0 Å². The molecule has 0 fully saturated rings. The van der Waals surface area contributed by atoms with Crippen LogP contribution in [0.25, 0.3) is 16.8 Å². The van der Waals surface area contributed by atoms with Crippen LogP contribution in [0.4, 0.5) is 5.69 Å². The maximum absolute atomic E-state index is 3.25. The van der Waals surface area contributed by atoms with Gasteiger partial charge in [-0.25, -0.2) is 0 Å². The summed E-state index contributed by atoms with van der Waals surface area (Å²) in [6.07, 6.45) is 4.09.